The topological polar surface area (TPSA) is 223 Å². The van der Waals surface area contributed by atoms with Crippen LogP contribution in [0.5, 0.6) is 0 Å². The number of aryl methyl sites for hydroxylation is 1. The van der Waals surface area contributed by atoms with E-state index in [4.69, 9.17) is 4.98 Å². The summed E-state index contributed by atoms with van der Waals surface area (Å²) in [7, 11) is 0. The number of fused-ring (bicyclic) bond motifs is 2. The van der Waals surface area contributed by atoms with E-state index in [1.165, 1.54) is 12.3 Å². The number of aromatic nitrogens is 7. The van der Waals surface area contributed by atoms with E-state index < -0.39 is 29.7 Å². The summed E-state index contributed by atoms with van der Waals surface area (Å²) in [4.78, 5) is 95.1. The average molecular weight is 842 g/mol. The zero-order valence-corrected chi connectivity index (χ0v) is 34.2. The normalized spacial score (nSPS) is 18.4. The van der Waals surface area contributed by atoms with Crippen LogP contribution in [0.1, 0.15) is 96.7 Å². The third-order valence-corrected chi connectivity index (χ3v) is 12.1. The molecule has 3 N–H and O–H groups in total. The second kappa shape index (κ2) is 17.6. The van der Waals surface area contributed by atoms with Crippen molar-refractivity contribution in [2.75, 3.05) is 41.7 Å². The first-order valence-electron chi connectivity index (χ1n) is 21.3. The molecule has 3 fully saturated rings. The minimum Gasteiger partial charge on any atom is -0.369 e. The number of hydrogen-bond donors (Lipinski definition) is 3. The molecule has 320 valence electrons. The number of unbranched alkanes of at least 4 members (excludes halogenated alkanes) is 2. The molecule has 0 spiro atoms. The SMILES string of the molecule is O=C1CCC(N2C(=O)c3cccc(NC(=O)CCCCCn4cc(CN5CCN(c6ccc(Nc7ncc8ncc(=O)n(C9CCCC9)c8n7)cc6)CC5)nn4)c3C2=O)C(=O)N1. The summed E-state index contributed by atoms with van der Waals surface area (Å²) in [6, 6.07) is 11.9. The van der Waals surface area contributed by atoms with Crippen molar-refractivity contribution in [1.29, 1.82) is 0 Å². The van der Waals surface area contributed by atoms with Gasteiger partial charge in [-0.1, -0.05) is 30.5 Å². The molecule has 1 aliphatic carbocycles. The number of carbonyl (C=O) groups excluding carboxylic acids is 5. The van der Waals surface area contributed by atoms with Crippen LogP contribution in [-0.2, 0) is 27.5 Å². The number of piperazine rings is 1. The molecule has 0 bridgehead atoms. The molecule has 9 rings (SSSR count). The van der Waals surface area contributed by atoms with Gasteiger partial charge in [0.1, 0.15) is 11.6 Å². The fourth-order valence-corrected chi connectivity index (χ4v) is 8.87. The zero-order valence-electron chi connectivity index (χ0n) is 34.2. The van der Waals surface area contributed by atoms with Crippen LogP contribution < -0.4 is 26.4 Å². The molecule has 62 heavy (non-hydrogen) atoms. The van der Waals surface area contributed by atoms with E-state index in [1.54, 1.807) is 22.9 Å². The van der Waals surface area contributed by atoms with Crippen molar-refractivity contribution in [1.82, 2.24) is 49.6 Å². The molecular weight excluding hydrogens is 795 g/mol. The third kappa shape index (κ3) is 8.52. The molecule has 3 aromatic heterocycles. The van der Waals surface area contributed by atoms with Gasteiger partial charge in [-0.15, -0.1) is 5.10 Å². The van der Waals surface area contributed by atoms with E-state index in [1.807, 2.05) is 23.0 Å². The number of benzene rings is 2. The van der Waals surface area contributed by atoms with Crippen LogP contribution in [0, 0.1) is 0 Å². The van der Waals surface area contributed by atoms with E-state index in [0.29, 0.717) is 36.6 Å². The van der Waals surface area contributed by atoms with Crippen molar-refractivity contribution in [2.24, 2.45) is 0 Å². The molecule has 2 aromatic carbocycles. The number of nitrogens with one attached hydrogen (secondary N) is 3. The van der Waals surface area contributed by atoms with E-state index in [9.17, 15) is 28.8 Å². The van der Waals surface area contributed by atoms with Gasteiger partial charge in [0.15, 0.2) is 5.65 Å². The van der Waals surface area contributed by atoms with Gasteiger partial charge in [-0.25, -0.2) is 9.97 Å². The van der Waals surface area contributed by atoms with Crippen LogP contribution >= 0.6 is 0 Å². The van der Waals surface area contributed by atoms with Crippen molar-refractivity contribution in [3.8, 4) is 0 Å². The smallest absolute Gasteiger partial charge is 0.270 e. The lowest BCUT2D eigenvalue weighted by atomic mass is 10.0. The van der Waals surface area contributed by atoms with Crippen LogP contribution in [0.2, 0.25) is 0 Å². The maximum Gasteiger partial charge on any atom is 0.270 e. The molecule has 19 nitrogen and oxygen atoms in total. The monoisotopic (exact) mass is 841 g/mol. The molecule has 3 aliphatic heterocycles. The fraction of sp³-hybridized carbons (Fsp3) is 0.419. The Kier molecular flexibility index (Phi) is 11.5. The van der Waals surface area contributed by atoms with Crippen molar-refractivity contribution in [2.45, 2.75) is 89.4 Å². The molecule has 19 heteroatoms. The molecule has 1 atom stereocenters. The predicted octanol–water partition coefficient (Wildman–Crippen LogP) is 3.56. The first kappa shape index (κ1) is 40.5. The van der Waals surface area contributed by atoms with Crippen LogP contribution in [-0.4, -0.2) is 106 Å². The Morgan fingerprint density at radius 1 is 0.855 bits per heavy atom. The quantitative estimate of drug-likeness (QED) is 0.108. The van der Waals surface area contributed by atoms with Gasteiger partial charge < -0.3 is 15.5 Å². The molecule has 6 heterocycles. The van der Waals surface area contributed by atoms with Crippen molar-refractivity contribution in [3.05, 3.63) is 88.2 Å². The fourth-order valence-electron chi connectivity index (χ4n) is 8.87. The van der Waals surface area contributed by atoms with E-state index in [2.05, 4.69) is 58.2 Å². The van der Waals surface area contributed by atoms with Gasteiger partial charge in [-0.3, -0.25) is 53.1 Å². The Bertz CT molecular complexity index is 2590. The lowest BCUT2D eigenvalue weighted by Gasteiger charge is -2.35. The third-order valence-electron chi connectivity index (χ3n) is 12.1. The highest BCUT2D eigenvalue weighted by Crippen LogP contribution is 2.33. The lowest BCUT2D eigenvalue weighted by molar-refractivity contribution is -0.136. The van der Waals surface area contributed by atoms with Gasteiger partial charge in [0.2, 0.25) is 23.7 Å². The molecule has 0 radical (unpaired) electrons. The lowest BCUT2D eigenvalue weighted by Crippen LogP contribution is -2.54. The van der Waals surface area contributed by atoms with Crippen LogP contribution in [0.15, 0.2) is 65.8 Å². The standard InChI is InChI=1S/C43H47N13O6/c57-35(47-32-10-6-9-31-38(32)42(62)56(41(31)61)34-16-17-36(58)48-40(34)60)11-2-1-5-18-54-26-28(50-51-54)25-52-19-21-53(22-20-52)29-14-12-27(13-15-29)46-43-45-23-33-39(49-43)55(37(59)24-44-33)30-7-3-4-8-30/h6,9-10,12-15,23-24,26,30,34H,1-5,7-8,11,16-22,25H2,(H,47,57)(H,45,46,49)(H,48,58,60). The van der Waals surface area contributed by atoms with Crippen LogP contribution in [0.4, 0.5) is 23.0 Å². The summed E-state index contributed by atoms with van der Waals surface area (Å²) in [6.45, 7) is 4.87. The van der Waals surface area contributed by atoms with Gasteiger partial charge in [-0.05, 0) is 68.5 Å². The molecule has 5 amide bonds. The number of anilines is 4. The highest BCUT2D eigenvalue weighted by Gasteiger charge is 2.45. The maximum absolute atomic E-state index is 13.3. The Hall–Kier alpha value is -6.89. The Morgan fingerprint density at radius 3 is 2.45 bits per heavy atom. The summed E-state index contributed by atoms with van der Waals surface area (Å²) < 4.78 is 3.61. The second-order valence-corrected chi connectivity index (χ2v) is 16.2. The van der Waals surface area contributed by atoms with Gasteiger partial charge in [-0.2, -0.15) is 4.98 Å². The number of piperidine rings is 1. The Balaban J connectivity index is 0.694. The largest absolute Gasteiger partial charge is 0.369 e. The summed E-state index contributed by atoms with van der Waals surface area (Å²) in [5, 5.41) is 17.0. The molecule has 1 unspecified atom stereocenters. The Labute approximate surface area is 355 Å². The molecule has 1 saturated carbocycles. The average Bonchev–Trinajstić information content (AvgIpc) is 4.02. The molecule has 5 aromatic rings. The van der Waals surface area contributed by atoms with Gasteiger partial charge in [0, 0.05) is 75.7 Å². The van der Waals surface area contributed by atoms with Gasteiger partial charge in [0.25, 0.3) is 17.4 Å². The van der Waals surface area contributed by atoms with Crippen molar-refractivity contribution in [3.63, 3.8) is 0 Å². The van der Waals surface area contributed by atoms with Crippen LogP contribution in [0.3, 0.4) is 0 Å². The number of imide groups is 2. The van der Waals surface area contributed by atoms with Gasteiger partial charge in [0.05, 0.1) is 34.9 Å². The summed E-state index contributed by atoms with van der Waals surface area (Å²) in [5.41, 5.74) is 4.32. The van der Waals surface area contributed by atoms with E-state index in [0.717, 1.165) is 86.7 Å². The minimum absolute atomic E-state index is 0.0272. The summed E-state index contributed by atoms with van der Waals surface area (Å²) >= 11 is 0. The van der Waals surface area contributed by atoms with Crippen molar-refractivity contribution >= 4 is 63.7 Å². The number of amides is 5. The first-order valence-corrected chi connectivity index (χ1v) is 21.3. The van der Waals surface area contributed by atoms with Crippen molar-refractivity contribution < 1.29 is 24.0 Å². The minimum atomic E-state index is -1.08. The highest BCUT2D eigenvalue weighted by molar-refractivity contribution is 6.26. The summed E-state index contributed by atoms with van der Waals surface area (Å²) in [5.74, 6) is -2.27. The first-order chi connectivity index (χ1) is 30.2. The second-order valence-electron chi connectivity index (χ2n) is 16.2. The number of carbonyl (C=O) groups is 5. The molecule has 4 aliphatic rings. The zero-order chi connectivity index (χ0) is 42.7. The number of rotatable bonds is 14. The van der Waals surface area contributed by atoms with E-state index >= 15 is 0 Å². The molecular formula is C43H47N13O6. The number of nitrogens with zero attached hydrogens (tertiary/aromatic N) is 10. The van der Waals surface area contributed by atoms with Crippen LogP contribution in [0.25, 0.3) is 11.2 Å². The van der Waals surface area contributed by atoms with E-state index in [-0.39, 0.29) is 53.6 Å². The van der Waals surface area contributed by atoms with Gasteiger partial charge >= 0.3 is 0 Å². The predicted molar refractivity (Wildman–Crippen MR) is 227 cm³/mol. The number of hydrogen-bond acceptors (Lipinski definition) is 14. The summed E-state index contributed by atoms with van der Waals surface area (Å²) in [6.07, 6.45) is 11.6. The molecule has 2 saturated heterocycles. The highest BCUT2D eigenvalue weighted by atomic mass is 16.2. The maximum atomic E-state index is 13.3. The Morgan fingerprint density at radius 2 is 1.66 bits per heavy atom.